The average Bonchev–Trinajstić information content (AvgIpc) is 2.81. The molecule has 0 spiro atoms. The third kappa shape index (κ3) is 1.69. The Labute approximate surface area is 90.1 Å². The van der Waals surface area contributed by atoms with Crippen molar-refractivity contribution in [3.05, 3.63) is 34.4 Å². The molecule has 2 heterocycles. The van der Waals surface area contributed by atoms with Crippen molar-refractivity contribution in [2.75, 3.05) is 0 Å². The summed E-state index contributed by atoms with van der Waals surface area (Å²) in [4.78, 5) is 7.95. The molecule has 0 aliphatic carbocycles. The molecule has 0 aliphatic rings. The largest absolute Gasteiger partial charge is 0.240 e. The Balaban J connectivity index is 2.56. The quantitative estimate of drug-likeness (QED) is 0.724. The first-order chi connectivity index (χ1) is 7.35. The van der Waals surface area contributed by atoms with Crippen molar-refractivity contribution in [3.63, 3.8) is 0 Å². The van der Waals surface area contributed by atoms with Crippen molar-refractivity contribution >= 4 is 11.3 Å². The zero-order chi connectivity index (χ0) is 10.7. The molecule has 0 radical (unpaired) electrons. The van der Waals surface area contributed by atoms with Crippen molar-refractivity contribution < 1.29 is 0 Å². The third-order valence-electron chi connectivity index (χ3n) is 1.80. The van der Waals surface area contributed by atoms with Crippen LogP contribution in [-0.4, -0.2) is 9.97 Å². The standard InChI is InChI=1S/C10H4N4S/c11-3-8-9(4-12)14-10(5-13-8)7-1-2-15-6-7/h1-2,5-6H. The van der Waals surface area contributed by atoms with Crippen LogP contribution < -0.4 is 0 Å². The summed E-state index contributed by atoms with van der Waals surface area (Å²) in [7, 11) is 0. The molecule has 0 saturated heterocycles. The molecule has 2 rings (SSSR count). The molecule has 70 valence electrons. The van der Waals surface area contributed by atoms with E-state index < -0.39 is 0 Å². The molecule has 0 saturated carbocycles. The number of hydrogen-bond donors (Lipinski definition) is 0. The molecule has 0 bridgehead atoms. The summed E-state index contributed by atoms with van der Waals surface area (Å²) >= 11 is 1.54. The van der Waals surface area contributed by atoms with Gasteiger partial charge in [-0.05, 0) is 11.4 Å². The van der Waals surface area contributed by atoms with Crippen LogP contribution in [0.4, 0.5) is 0 Å². The third-order valence-corrected chi connectivity index (χ3v) is 2.48. The fourth-order valence-electron chi connectivity index (χ4n) is 1.10. The van der Waals surface area contributed by atoms with Gasteiger partial charge in [0.05, 0.1) is 11.9 Å². The van der Waals surface area contributed by atoms with E-state index in [1.54, 1.807) is 11.3 Å². The van der Waals surface area contributed by atoms with Crippen LogP contribution in [0.2, 0.25) is 0 Å². The summed E-state index contributed by atoms with van der Waals surface area (Å²) in [5.74, 6) is 0. The molecule has 0 unspecified atom stereocenters. The van der Waals surface area contributed by atoms with Gasteiger partial charge in [-0.1, -0.05) is 0 Å². The molecule has 15 heavy (non-hydrogen) atoms. The number of thiophene rings is 1. The Morgan fingerprint density at radius 3 is 2.60 bits per heavy atom. The maximum atomic E-state index is 8.77. The topological polar surface area (TPSA) is 73.4 Å². The molecule has 5 heteroatoms. The summed E-state index contributed by atoms with van der Waals surface area (Å²) in [6.45, 7) is 0. The van der Waals surface area contributed by atoms with E-state index in [2.05, 4.69) is 9.97 Å². The van der Waals surface area contributed by atoms with Crippen LogP contribution in [0.3, 0.4) is 0 Å². The van der Waals surface area contributed by atoms with E-state index in [1.807, 2.05) is 29.0 Å². The second-order valence-electron chi connectivity index (χ2n) is 2.69. The molecule has 2 aromatic rings. The van der Waals surface area contributed by atoms with Crippen LogP contribution in [0, 0.1) is 22.7 Å². The lowest BCUT2D eigenvalue weighted by molar-refractivity contribution is 1.13. The van der Waals surface area contributed by atoms with Gasteiger partial charge in [-0.15, -0.1) is 0 Å². The van der Waals surface area contributed by atoms with Crippen molar-refractivity contribution in [1.29, 1.82) is 10.5 Å². The van der Waals surface area contributed by atoms with Crippen LogP contribution in [0.5, 0.6) is 0 Å². The highest BCUT2D eigenvalue weighted by Crippen LogP contribution is 2.19. The maximum absolute atomic E-state index is 8.77. The number of hydrogen-bond acceptors (Lipinski definition) is 5. The van der Waals surface area contributed by atoms with E-state index in [9.17, 15) is 0 Å². The first kappa shape index (κ1) is 9.32. The smallest absolute Gasteiger partial charge is 0.177 e. The van der Waals surface area contributed by atoms with Gasteiger partial charge >= 0.3 is 0 Å². The van der Waals surface area contributed by atoms with E-state index in [0.717, 1.165) is 5.56 Å². The SMILES string of the molecule is N#Cc1ncc(-c2ccsc2)nc1C#N. The van der Waals surface area contributed by atoms with E-state index in [1.165, 1.54) is 6.20 Å². The molecule has 0 amide bonds. The summed E-state index contributed by atoms with van der Waals surface area (Å²) in [6, 6.07) is 5.57. The molecule has 0 aromatic carbocycles. The average molecular weight is 212 g/mol. The van der Waals surface area contributed by atoms with Gasteiger partial charge in [-0.25, -0.2) is 9.97 Å². The minimum Gasteiger partial charge on any atom is -0.240 e. The summed E-state index contributed by atoms with van der Waals surface area (Å²) < 4.78 is 0. The summed E-state index contributed by atoms with van der Waals surface area (Å²) in [5, 5.41) is 21.3. The zero-order valence-corrected chi connectivity index (χ0v) is 8.32. The molecule has 2 aromatic heterocycles. The van der Waals surface area contributed by atoms with Gasteiger partial charge in [0.2, 0.25) is 0 Å². The lowest BCUT2D eigenvalue weighted by Crippen LogP contribution is -1.95. The number of nitriles is 2. The Hall–Kier alpha value is -2.24. The molecular formula is C10H4N4S. The lowest BCUT2D eigenvalue weighted by Gasteiger charge is -1.97. The highest BCUT2D eigenvalue weighted by atomic mass is 32.1. The Kier molecular flexibility index (Phi) is 2.40. The van der Waals surface area contributed by atoms with Gasteiger partial charge in [0.25, 0.3) is 0 Å². The highest BCUT2D eigenvalue weighted by molar-refractivity contribution is 7.08. The number of nitrogens with zero attached hydrogens (tertiary/aromatic N) is 4. The normalized spacial score (nSPS) is 9.20. The summed E-state index contributed by atoms with van der Waals surface area (Å²) in [5.41, 5.74) is 1.66. The van der Waals surface area contributed by atoms with Crippen LogP contribution in [0.1, 0.15) is 11.4 Å². The van der Waals surface area contributed by atoms with Crippen molar-refractivity contribution in [3.8, 4) is 23.4 Å². The van der Waals surface area contributed by atoms with Crippen LogP contribution >= 0.6 is 11.3 Å². The molecule has 0 fully saturated rings. The fraction of sp³-hybridized carbons (Fsp3) is 0. The maximum Gasteiger partial charge on any atom is 0.177 e. The van der Waals surface area contributed by atoms with Gasteiger partial charge in [0.1, 0.15) is 12.1 Å². The second kappa shape index (κ2) is 3.87. The van der Waals surface area contributed by atoms with E-state index in [0.29, 0.717) is 5.69 Å². The summed E-state index contributed by atoms with van der Waals surface area (Å²) in [6.07, 6.45) is 1.50. The molecule has 0 aliphatic heterocycles. The van der Waals surface area contributed by atoms with Crippen LogP contribution in [0.15, 0.2) is 23.0 Å². The lowest BCUT2D eigenvalue weighted by atomic mass is 10.2. The Bertz CT molecular complexity index is 560. The van der Waals surface area contributed by atoms with E-state index in [-0.39, 0.29) is 11.4 Å². The van der Waals surface area contributed by atoms with Gasteiger partial charge < -0.3 is 0 Å². The fourth-order valence-corrected chi connectivity index (χ4v) is 1.75. The Morgan fingerprint density at radius 2 is 2.00 bits per heavy atom. The predicted molar refractivity (Wildman–Crippen MR) is 54.8 cm³/mol. The van der Waals surface area contributed by atoms with Crippen molar-refractivity contribution in [2.45, 2.75) is 0 Å². The second-order valence-corrected chi connectivity index (χ2v) is 3.47. The molecule has 0 N–H and O–H groups in total. The zero-order valence-electron chi connectivity index (χ0n) is 7.51. The first-order valence-corrected chi connectivity index (χ1v) is 4.99. The van der Waals surface area contributed by atoms with E-state index >= 15 is 0 Å². The van der Waals surface area contributed by atoms with Gasteiger partial charge in [-0.3, -0.25) is 0 Å². The molecule has 4 nitrogen and oxygen atoms in total. The Morgan fingerprint density at radius 1 is 1.20 bits per heavy atom. The van der Waals surface area contributed by atoms with Crippen LogP contribution in [-0.2, 0) is 0 Å². The highest BCUT2D eigenvalue weighted by Gasteiger charge is 2.07. The molecule has 0 atom stereocenters. The minimum atomic E-state index is 0.0662. The van der Waals surface area contributed by atoms with Crippen molar-refractivity contribution in [1.82, 2.24) is 9.97 Å². The first-order valence-electron chi connectivity index (χ1n) is 4.05. The number of rotatable bonds is 1. The minimum absolute atomic E-state index is 0.0662. The van der Waals surface area contributed by atoms with Gasteiger partial charge in [0.15, 0.2) is 11.4 Å². The number of aromatic nitrogens is 2. The van der Waals surface area contributed by atoms with E-state index in [4.69, 9.17) is 10.5 Å². The predicted octanol–water partition coefficient (Wildman–Crippen LogP) is 1.95. The monoisotopic (exact) mass is 212 g/mol. The van der Waals surface area contributed by atoms with Gasteiger partial charge in [-0.2, -0.15) is 21.9 Å². The van der Waals surface area contributed by atoms with Gasteiger partial charge in [0, 0.05) is 10.9 Å². The van der Waals surface area contributed by atoms with Crippen molar-refractivity contribution in [2.24, 2.45) is 0 Å². The van der Waals surface area contributed by atoms with Crippen LogP contribution in [0.25, 0.3) is 11.3 Å². The molecular weight excluding hydrogens is 208 g/mol.